The zero-order chi connectivity index (χ0) is 17.6. The van der Waals surface area contributed by atoms with E-state index < -0.39 is 5.97 Å². The van der Waals surface area contributed by atoms with E-state index >= 15 is 0 Å². The predicted molar refractivity (Wildman–Crippen MR) is 90.4 cm³/mol. The van der Waals surface area contributed by atoms with Gasteiger partial charge in [-0.2, -0.15) is 0 Å². The molecular weight excluding hydrogens is 308 g/mol. The maximum atomic E-state index is 11.9. The summed E-state index contributed by atoms with van der Waals surface area (Å²) in [5, 5.41) is 2.57. The van der Waals surface area contributed by atoms with Crippen molar-refractivity contribution in [2.24, 2.45) is 0 Å². The summed E-state index contributed by atoms with van der Waals surface area (Å²) in [4.78, 5) is 25.2. The molecule has 1 amide bonds. The highest BCUT2D eigenvalue weighted by Gasteiger charge is 2.35. The summed E-state index contributed by atoms with van der Waals surface area (Å²) in [5.74, 6) is -0.599. The predicted octanol–water partition coefficient (Wildman–Crippen LogP) is 1.52. The number of carbonyl (C=O) groups is 2. The summed E-state index contributed by atoms with van der Waals surface area (Å²) >= 11 is 0. The molecule has 2 rings (SSSR count). The molecule has 1 aliphatic rings. The molecule has 0 saturated carbocycles. The smallest absolute Gasteiger partial charge is 0.325 e. The number of carbonyl (C=O) groups excluding carboxylic acids is 2. The minimum Gasteiger partial charge on any atom is -0.468 e. The third-order valence-corrected chi connectivity index (χ3v) is 4.32. The maximum Gasteiger partial charge on any atom is 0.325 e. The number of nitrogens with zero attached hydrogens (tertiary/aromatic N) is 1. The van der Waals surface area contributed by atoms with Crippen LogP contribution in [0.3, 0.4) is 0 Å². The van der Waals surface area contributed by atoms with Crippen LogP contribution in [0.25, 0.3) is 0 Å². The van der Waals surface area contributed by atoms with E-state index in [2.05, 4.69) is 40.9 Å². The lowest BCUT2D eigenvalue weighted by molar-refractivity contribution is -0.141. The Balaban J connectivity index is 1.89. The van der Waals surface area contributed by atoms with Crippen molar-refractivity contribution in [2.45, 2.75) is 31.9 Å². The van der Waals surface area contributed by atoms with Crippen LogP contribution in [0.15, 0.2) is 30.3 Å². The molecule has 1 unspecified atom stereocenters. The number of nitrogens with one attached hydrogen (secondary N) is 1. The van der Waals surface area contributed by atoms with E-state index in [0.717, 1.165) is 12.1 Å². The Kier molecular flexibility index (Phi) is 6.34. The lowest BCUT2D eigenvalue weighted by Gasteiger charge is -2.45. The van der Waals surface area contributed by atoms with Crippen molar-refractivity contribution in [1.82, 2.24) is 10.2 Å². The molecule has 1 aromatic rings. The van der Waals surface area contributed by atoms with Gasteiger partial charge in [0, 0.05) is 25.0 Å². The number of benzene rings is 1. The van der Waals surface area contributed by atoms with Crippen molar-refractivity contribution in [3.8, 4) is 0 Å². The highest BCUT2D eigenvalue weighted by Crippen LogP contribution is 2.30. The Bertz CT molecular complexity index is 559. The first-order valence-electron chi connectivity index (χ1n) is 8.17. The molecule has 1 N–H and O–H groups in total. The Morgan fingerprint density at radius 2 is 2.04 bits per heavy atom. The van der Waals surface area contributed by atoms with Gasteiger partial charge in [0.1, 0.15) is 6.54 Å². The summed E-state index contributed by atoms with van der Waals surface area (Å²) in [5.41, 5.74) is 1.02. The van der Waals surface area contributed by atoms with E-state index in [4.69, 9.17) is 4.74 Å². The van der Waals surface area contributed by atoms with Crippen LogP contribution in [0.4, 0.5) is 0 Å². The third kappa shape index (κ3) is 5.04. The van der Waals surface area contributed by atoms with Crippen molar-refractivity contribution in [2.75, 3.05) is 33.4 Å². The van der Waals surface area contributed by atoms with Crippen molar-refractivity contribution in [1.29, 1.82) is 0 Å². The molecule has 6 heteroatoms. The molecule has 6 nitrogen and oxygen atoms in total. The molecular formula is C18H26N2O4. The first-order valence-corrected chi connectivity index (χ1v) is 8.17. The Morgan fingerprint density at radius 1 is 1.33 bits per heavy atom. The lowest BCUT2D eigenvalue weighted by Crippen LogP contribution is -2.54. The second-order valence-corrected chi connectivity index (χ2v) is 6.57. The summed E-state index contributed by atoms with van der Waals surface area (Å²) in [6, 6.07) is 10.1. The van der Waals surface area contributed by atoms with Crippen molar-refractivity contribution < 1.29 is 19.1 Å². The topological polar surface area (TPSA) is 67.9 Å². The van der Waals surface area contributed by atoms with Gasteiger partial charge in [0.05, 0.1) is 19.8 Å². The van der Waals surface area contributed by atoms with Crippen molar-refractivity contribution in [3.63, 3.8) is 0 Å². The molecule has 1 fully saturated rings. The van der Waals surface area contributed by atoms with Crippen molar-refractivity contribution >= 4 is 11.9 Å². The monoisotopic (exact) mass is 334 g/mol. The molecule has 0 aromatic heterocycles. The molecule has 1 heterocycles. The molecule has 1 atom stereocenters. The number of hydrogen-bond donors (Lipinski definition) is 1. The van der Waals surface area contributed by atoms with Gasteiger partial charge in [0.2, 0.25) is 5.91 Å². The van der Waals surface area contributed by atoms with E-state index in [9.17, 15) is 9.59 Å². The molecule has 1 saturated heterocycles. The van der Waals surface area contributed by atoms with Gasteiger partial charge in [-0.25, -0.2) is 0 Å². The fourth-order valence-corrected chi connectivity index (χ4v) is 2.73. The normalized spacial score (nSPS) is 20.4. The molecule has 0 radical (unpaired) electrons. The van der Waals surface area contributed by atoms with Crippen LogP contribution >= 0.6 is 0 Å². The fraction of sp³-hybridized carbons (Fsp3) is 0.556. The number of ether oxygens (including phenoxy) is 2. The van der Waals surface area contributed by atoms with Crippen molar-refractivity contribution in [3.05, 3.63) is 35.9 Å². The average Bonchev–Trinajstić information content (AvgIpc) is 2.59. The first-order chi connectivity index (χ1) is 11.4. The van der Waals surface area contributed by atoms with Crippen LogP contribution in [0.1, 0.15) is 31.9 Å². The van der Waals surface area contributed by atoms with E-state index in [-0.39, 0.29) is 24.1 Å². The number of methoxy groups -OCH3 is 1. The lowest BCUT2D eigenvalue weighted by atomic mass is 9.98. The van der Waals surface area contributed by atoms with Gasteiger partial charge in [-0.15, -0.1) is 0 Å². The number of esters is 1. The van der Waals surface area contributed by atoms with Crippen LogP contribution in [-0.4, -0.2) is 55.7 Å². The molecule has 24 heavy (non-hydrogen) atoms. The van der Waals surface area contributed by atoms with Gasteiger partial charge < -0.3 is 14.8 Å². The third-order valence-electron chi connectivity index (χ3n) is 4.32. The van der Waals surface area contributed by atoms with Crippen LogP contribution in [0.5, 0.6) is 0 Å². The van der Waals surface area contributed by atoms with Crippen LogP contribution in [0.2, 0.25) is 0 Å². The largest absolute Gasteiger partial charge is 0.468 e. The summed E-state index contributed by atoms with van der Waals surface area (Å²) in [6.45, 7) is 6.10. The van der Waals surface area contributed by atoms with Gasteiger partial charge in [0.25, 0.3) is 0 Å². The highest BCUT2D eigenvalue weighted by molar-refractivity contribution is 5.81. The second-order valence-electron chi connectivity index (χ2n) is 6.57. The van der Waals surface area contributed by atoms with Crippen LogP contribution in [0, 0.1) is 0 Å². The minimum absolute atomic E-state index is 0.0114. The molecule has 0 spiro atoms. The Hall–Kier alpha value is -1.92. The van der Waals surface area contributed by atoms with Gasteiger partial charge >= 0.3 is 5.97 Å². The molecule has 1 aliphatic heterocycles. The van der Waals surface area contributed by atoms with Gasteiger partial charge in [-0.1, -0.05) is 30.3 Å². The first kappa shape index (κ1) is 18.4. The number of hydrogen-bond acceptors (Lipinski definition) is 5. The summed E-state index contributed by atoms with van der Waals surface area (Å²) in [7, 11) is 1.30. The van der Waals surface area contributed by atoms with E-state index in [1.165, 1.54) is 7.11 Å². The number of morpholine rings is 1. The standard InChI is InChI=1S/C18H26N2O4/c1-18(2)13-24-15(14-7-5-4-6-8-14)12-20(18)10-9-16(21)19-11-17(22)23-3/h4-8,15H,9-13H2,1-3H3,(H,19,21). The number of rotatable bonds is 6. The highest BCUT2D eigenvalue weighted by atomic mass is 16.5. The van der Waals surface area contributed by atoms with Crippen LogP contribution < -0.4 is 5.32 Å². The zero-order valence-electron chi connectivity index (χ0n) is 14.6. The second kappa shape index (κ2) is 8.26. The van der Waals surface area contributed by atoms with E-state index in [1.54, 1.807) is 0 Å². The van der Waals surface area contributed by atoms with Crippen LogP contribution in [-0.2, 0) is 19.1 Å². The molecule has 132 valence electrons. The SMILES string of the molecule is COC(=O)CNC(=O)CCN1CC(c2ccccc2)OCC1(C)C. The van der Waals surface area contributed by atoms with Gasteiger partial charge in [0.15, 0.2) is 0 Å². The van der Waals surface area contributed by atoms with E-state index in [0.29, 0.717) is 19.6 Å². The molecule has 0 bridgehead atoms. The summed E-state index contributed by atoms with van der Waals surface area (Å²) in [6.07, 6.45) is 0.347. The van der Waals surface area contributed by atoms with Gasteiger partial charge in [-0.05, 0) is 19.4 Å². The molecule has 1 aromatic carbocycles. The maximum absolute atomic E-state index is 11.9. The molecule has 0 aliphatic carbocycles. The quantitative estimate of drug-likeness (QED) is 0.799. The fourth-order valence-electron chi connectivity index (χ4n) is 2.73. The number of amides is 1. The Labute approximate surface area is 143 Å². The van der Waals surface area contributed by atoms with Gasteiger partial charge in [-0.3, -0.25) is 14.5 Å². The minimum atomic E-state index is -0.445. The summed E-state index contributed by atoms with van der Waals surface area (Å²) < 4.78 is 10.5. The zero-order valence-corrected chi connectivity index (χ0v) is 14.6. The average molecular weight is 334 g/mol. The Morgan fingerprint density at radius 3 is 2.71 bits per heavy atom. The van der Waals surface area contributed by atoms with E-state index in [1.807, 2.05) is 18.2 Å².